The zero-order valence-electron chi connectivity index (χ0n) is 8.49. The van der Waals surface area contributed by atoms with Crippen molar-refractivity contribution in [2.45, 2.75) is 13.8 Å². The van der Waals surface area contributed by atoms with Crippen molar-refractivity contribution in [1.29, 1.82) is 0 Å². The molecule has 0 N–H and O–H groups in total. The summed E-state index contributed by atoms with van der Waals surface area (Å²) in [7, 11) is 0. The first-order valence-electron chi connectivity index (χ1n) is 4.74. The summed E-state index contributed by atoms with van der Waals surface area (Å²) in [6, 6.07) is 10.7. The van der Waals surface area contributed by atoms with E-state index in [0.29, 0.717) is 0 Å². The van der Waals surface area contributed by atoms with Crippen LogP contribution in [0.15, 0.2) is 42.7 Å². The number of hydrogen-bond donors (Lipinski definition) is 0. The fraction of sp³-hybridized carbons (Fsp3) is 0.154. The normalized spacial score (nSPS) is 10.1. The molecule has 0 fully saturated rings. The highest BCUT2D eigenvalue weighted by Crippen LogP contribution is 2.20. The van der Waals surface area contributed by atoms with E-state index in [0.717, 1.165) is 0 Å². The maximum absolute atomic E-state index is 4.02. The van der Waals surface area contributed by atoms with Gasteiger partial charge in [0.25, 0.3) is 0 Å². The summed E-state index contributed by atoms with van der Waals surface area (Å²) in [6.45, 7) is 4.25. The third-order valence-corrected chi connectivity index (χ3v) is 2.24. The molecule has 0 aliphatic carbocycles. The van der Waals surface area contributed by atoms with E-state index in [-0.39, 0.29) is 0 Å². The summed E-state index contributed by atoms with van der Waals surface area (Å²) < 4.78 is 0. The summed E-state index contributed by atoms with van der Waals surface area (Å²) in [5.74, 6) is 0. The van der Waals surface area contributed by atoms with E-state index in [1.165, 1.54) is 22.3 Å². The van der Waals surface area contributed by atoms with Crippen LogP contribution in [-0.4, -0.2) is 4.98 Å². The second-order valence-electron chi connectivity index (χ2n) is 3.61. The first-order chi connectivity index (χ1) is 6.75. The molecule has 2 aromatic rings. The number of aryl methyl sites for hydroxylation is 2. The molecule has 0 amide bonds. The average molecular weight is 183 g/mol. The Balaban J connectivity index is 2.52. The van der Waals surface area contributed by atoms with Gasteiger partial charge in [-0.15, -0.1) is 0 Å². The molecule has 1 nitrogen and oxygen atoms in total. The molecule has 2 rings (SSSR count). The van der Waals surface area contributed by atoms with Crippen molar-refractivity contribution in [2.75, 3.05) is 0 Å². The van der Waals surface area contributed by atoms with Crippen LogP contribution in [0, 0.1) is 13.8 Å². The van der Waals surface area contributed by atoms with Gasteiger partial charge in [0.15, 0.2) is 0 Å². The Hall–Kier alpha value is -1.63. The minimum Gasteiger partial charge on any atom is -0.265 e. The van der Waals surface area contributed by atoms with Gasteiger partial charge in [-0.05, 0) is 37.1 Å². The lowest BCUT2D eigenvalue weighted by atomic mass is 10.0. The predicted molar refractivity (Wildman–Crippen MR) is 59.1 cm³/mol. The van der Waals surface area contributed by atoms with Crippen LogP contribution in [0.4, 0.5) is 0 Å². The SMILES string of the molecule is Cc1cc(C)cc(-c2ccncc2)c1. The van der Waals surface area contributed by atoms with E-state index in [4.69, 9.17) is 0 Å². The standard InChI is InChI=1S/C13H13N/c1-10-7-11(2)9-13(8-10)12-3-5-14-6-4-12/h3-9H,1-2H3. The summed E-state index contributed by atoms with van der Waals surface area (Å²) in [5.41, 5.74) is 5.10. The molecule has 1 heterocycles. The Morgan fingerprint density at radius 2 is 1.36 bits per heavy atom. The first-order valence-corrected chi connectivity index (χ1v) is 4.74. The molecule has 0 spiro atoms. The number of benzene rings is 1. The highest BCUT2D eigenvalue weighted by Gasteiger charge is 1.98. The zero-order chi connectivity index (χ0) is 9.97. The minimum absolute atomic E-state index is 1.23. The fourth-order valence-corrected chi connectivity index (χ4v) is 1.69. The number of rotatable bonds is 1. The van der Waals surface area contributed by atoms with E-state index in [9.17, 15) is 0 Å². The van der Waals surface area contributed by atoms with Gasteiger partial charge >= 0.3 is 0 Å². The molecule has 0 aliphatic rings. The van der Waals surface area contributed by atoms with Crippen LogP contribution in [0.1, 0.15) is 11.1 Å². The monoisotopic (exact) mass is 183 g/mol. The second-order valence-corrected chi connectivity index (χ2v) is 3.61. The smallest absolute Gasteiger partial charge is 0.0273 e. The topological polar surface area (TPSA) is 12.9 Å². The Morgan fingerprint density at radius 1 is 0.786 bits per heavy atom. The van der Waals surface area contributed by atoms with Crippen LogP contribution in [0.2, 0.25) is 0 Å². The van der Waals surface area contributed by atoms with E-state index in [2.05, 4.69) is 37.0 Å². The largest absolute Gasteiger partial charge is 0.265 e. The minimum atomic E-state index is 1.23. The molecule has 0 atom stereocenters. The van der Waals surface area contributed by atoms with Gasteiger partial charge in [0.2, 0.25) is 0 Å². The van der Waals surface area contributed by atoms with Crippen molar-refractivity contribution in [3.05, 3.63) is 53.9 Å². The molecule has 0 radical (unpaired) electrons. The van der Waals surface area contributed by atoms with Crippen molar-refractivity contribution < 1.29 is 0 Å². The Morgan fingerprint density at radius 3 is 1.93 bits per heavy atom. The maximum atomic E-state index is 4.02. The molecular formula is C13H13N. The van der Waals surface area contributed by atoms with E-state index in [1.54, 1.807) is 0 Å². The quantitative estimate of drug-likeness (QED) is 0.660. The van der Waals surface area contributed by atoms with Crippen LogP contribution in [0.3, 0.4) is 0 Å². The molecule has 14 heavy (non-hydrogen) atoms. The van der Waals surface area contributed by atoms with E-state index >= 15 is 0 Å². The molecule has 0 saturated heterocycles. The third-order valence-electron chi connectivity index (χ3n) is 2.24. The lowest BCUT2D eigenvalue weighted by Crippen LogP contribution is -1.82. The number of pyridine rings is 1. The molecule has 0 aliphatic heterocycles. The predicted octanol–water partition coefficient (Wildman–Crippen LogP) is 3.37. The number of nitrogens with zero attached hydrogens (tertiary/aromatic N) is 1. The first kappa shape index (κ1) is 8.95. The molecule has 70 valence electrons. The maximum Gasteiger partial charge on any atom is 0.0273 e. The number of aromatic nitrogens is 1. The van der Waals surface area contributed by atoms with Crippen LogP contribution >= 0.6 is 0 Å². The fourth-order valence-electron chi connectivity index (χ4n) is 1.69. The summed E-state index contributed by atoms with van der Waals surface area (Å²) in [4.78, 5) is 4.02. The van der Waals surface area contributed by atoms with Gasteiger partial charge in [-0.3, -0.25) is 4.98 Å². The Kier molecular flexibility index (Phi) is 2.32. The molecule has 0 bridgehead atoms. The van der Waals surface area contributed by atoms with Gasteiger partial charge in [0, 0.05) is 12.4 Å². The Bertz CT molecular complexity index is 412. The van der Waals surface area contributed by atoms with Gasteiger partial charge in [0.05, 0.1) is 0 Å². The van der Waals surface area contributed by atoms with Crippen molar-refractivity contribution in [1.82, 2.24) is 4.98 Å². The van der Waals surface area contributed by atoms with Gasteiger partial charge in [-0.1, -0.05) is 29.3 Å². The molecule has 0 saturated carbocycles. The Labute approximate surface area is 84.4 Å². The summed E-state index contributed by atoms with van der Waals surface area (Å²) in [5, 5.41) is 0. The number of hydrogen-bond acceptors (Lipinski definition) is 1. The van der Waals surface area contributed by atoms with Gasteiger partial charge in [0.1, 0.15) is 0 Å². The molecule has 1 aromatic heterocycles. The molecule has 1 aromatic carbocycles. The van der Waals surface area contributed by atoms with Gasteiger partial charge in [-0.2, -0.15) is 0 Å². The average Bonchev–Trinajstić information content (AvgIpc) is 2.18. The highest BCUT2D eigenvalue weighted by molar-refractivity contribution is 5.64. The molecule has 0 unspecified atom stereocenters. The van der Waals surface area contributed by atoms with E-state index < -0.39 is 0 Å². The van der Waals surface area contributed by atoms with Gasteiger partial charge in [-0.25, -0.2) is 0 Å². The molecular weight excluding hydrogens is 170 g/mol. The van der Waals surface area contributed by atoms with Crippen LogP contribution in [0.25, 0.3) is 11.1 Å². The van der Waals surface area contributed by atoms with Crippen LogP contribution < -0.4 is 0 Å². The van der Waals surface area contributed by atoms with Crippen LogP contribution in [0.5, 0.6) is 0 Å². The third kappa shape index (κ3) is 1.82. The van der Waals surface area contributed by atoms with E-state index in [1.807, 2.05) is 24.5 Å². The van der Waals surface area contributed by atoms with Crippen molar-refractivity contribution in [2.24, 2.45) is 0 Å². The molecule has 1 heteroatoms. The zero-order valence-corrected chi connectivity index (χ0v) is 8.49. The van der Waals surface area contributed by atoms with Crippen molar-refractivity contribution >= 4 is 0 Å². The van der Waals surface area contributed by atoms with Crippen molar-refractivity contribution in [3.8, 4) is 11.1 Å². The van der Waals surface area contributed by atoms with Crippen LogP contribution in [-0.2, 0) is 0 Å². The summed E-state index contributed by atoms with van der Waals surface area (Å²) in [6.07, 6.45) is 3.65. The lowest BCUT2D eigenvalue weighted by Gasteiger charge is -2.04. The lowest BCUT2D eigenvalue weighted by molar-refractivity contribution is 1.32. The highest BCUT2D eigenvalue weighted by atomic mass is 14.6. The second kappa shape index (κ2) is 3.62. The van der Waals surface area contributed by atoms with Crippen molar-refractivity contribution in [3.63, 3.8) is 0 Å². The summed E-state index contributed by atoms with van der Waals surface area (Å²) >= 11 is 0. The van der Waals surface area contributed by atoms with Gasteiger partial charge < -0.3 is 0 Å².